The molecule has 2 aromatic carbocycles. The third-order valence-corrected chi connectivity index (χ3v) is 2.92. The van der Waals surface area contributed by atoms with Gasteiger partial charge in [0.25, 0.3) is 0 Å². The molecule has 2 rings (SSSR count). The minimum absolute atomic E-state index is 0.353. The molecule has 0 atom stereocenters. The van der Waals surface area contributed by atoms with Gasteiger partial charge in [0.1, 0.15) is 5.82 Å². The van der Waals surface area contributed by atoms with E-state index < -0.39 is 11.8 Å². The molecule has 0 saturated heterocycles. The van der Waals surface area contributed by atoms with Crippen LogP contribution in [-0.4, -0.2) is 25.3 Å². The van der Waals surface area contributed by atoms with Crippen molar-refractivity contribution in [3.8, 4) is 22.6 Å². The van der Waals surface area contributed by atoms with Crippen molar-refractivity contribution in [2.24, 2.45) is 0 Å². The lowest BCUT2D eigenvalue weighted by Gasteiger charge is -2.10. The van der Waals surface area contributed by atoms with E-state index in [1.807, 2.05) is 0 Å². The van der Waals surface area contributed by atoms with Crippen molar-refractivity contribution in [2.75, 3.05) is 14.2 Å². The number of carboxylic acid groups (broad SMARTS) is 1. The molecule has 5 heteroatoms. The van der Waals surface area contributed by atoms with Gasteiger partial charge in [-0.05, 0) is 35.4 Å². The smallest absolute Gasteiger partial charge is 0.338 e. The lowest BCUT2D eigenvalue weighted by atomic mass is 10.0. The van der Waals surface area contributed by atoms with Gasteiger partial charge in [-0.3, -0.25) is 0 Å². The average molecular weight is 276 g/mol. The number of rotatable bonds is 4. The van der Waals surface area contributed by atoms with Gasteiger partial charge in [-0.25, -0.2) is 9.18 Å². The average Bonchev–Trinajstić information content (AvgIpc) is 2.45. The molecule has 2 aromatic rings. The Morgan fingerprint density at radius 3 is 2.15 bits per heavy atom. The van der Waals surface area contributed by atoms with Crippen molar-refractivity contribution >= 4 is 5.97 Å². The number of aromatic carboxylic acids is 1. The zero-order valence-corrected chi connectivity index (χ0v) is 11.0. The standard InChI is InChI=1S/C15H13FO4/c1-19-13-6-4-10(8-14(13)20-2)9-3-5-11(15(17)18)12(16)7-9/h3-8H,1-2H3,(H,17,18). The fourth-order valence-electron chi connectivity index (χ4n) is 1.88. The molecular formula is C15H13FO4. The van der Waals surface area contributed by atoms with Gasteiger partial charge in [-0.15, -0.1) is 0 Å². The van der Waals surface area contributed by atoms with Crippen LogP contribution in [0.1, 0.15) is 10.4 Å². The quantitative estimate of drug-likeness (QED) is 0.931. The molecule has 4 nitrogen and oxygen atoms in total. The summed E-state index contributed by atoms with van der Waals surface area (Å²) in [5, 5.41) is 8.80. The van der Waals surface area contributed by atoms with Crippen molar-refractivity contribution in [3.63, 3.8) is 0 Å². The zero-order valence-electron chi connectivity index (χ0n) is 11.0. The van der Waals surface area contributed by atoms with Crippen LogP contribution in [0.25, 0.3) is 11.1 Å². The summed E-state index contributed by atoms with van der Waals surface area (Å²) in [7, 11) is 3.04. The Morgan fingerprint density at radius 2 is 1.60 bits per heavy atom. The molecular weight excluding hydrogens is 263 g/mol. The molecule has 0 spiro atoms. The Morgan fingerprint density at radius 1 is 1.00 bits per heavy atom. The fraction of sp³-hybridized carbons (Fsp3) is 0.133. The van der Waals surface area contributed by atoms with E-state index in [0.29, 0.717) is 22.6 Å². The first-order valence-corrected chi connectivity index (χ1v) is 5.82. The van der Waals surface area contributed by atoms with Crippen LogP contribution in [0.15, 0.2) is 36.4 Å². The minimum Gasteiger partial charge on any atom is -0.493 e. The van der Waals surface area contributed by atoms with Crippen molar-refractivity contribution in [3.05, 3.63) is 47.8 Å². The van der Waals surface area contributed by atoms with E-state index in [1.54, 1.807) is 24.3 Å². The SMILES string of the molecule is COc1ccc(-c2ccc(C(=O)O)c(F)c2)cc1OC. The van der Waals surface area contributed by atoms with Gasteiger partial charge >= 0.3 is 5.97 Å². The van der Waals surface area contributed by atoms with Crippen molar-refractivity contribution in [1.29, 1.82) is 0 Å². The van der Waals surface area contributed by atoms with E-state index in [9.17, 15) is 9.18 Å². The maximum Gasteiger partial charge on any atom is 0.338 e. The van der Waals surface area contributed by atoms with E-state index in [2.05, 4.69) is 0 Å². The number of hydrogen-bond acceptors (Lipinski definition) is 3. The molecule has 0 fully saturated rings. The summed E-state index contributed by atoms with van der Waals surface area (Å²) in [6.45, 7) is 0. The molecule has 0 saturated carbocycles. The van der Waals surface area contributed by atoms with Gasteiger partial charge in [-0.1, -0.05) is 12.1 Å². The molecule has 1 N–H and O–H groups in total. The first-order valence-electron chi connectivity index (χ1n) is 5.82. The molecule has 0 aliphatic rings. The highest BCUT2D eigenvalue weighted by Crippen LogP contribution is 2.32. The molecule has 0 amide bonds. The Bertz CT molecular complexity index is 652. The summed E-state index contributed by atoms with van der Waals surface area (Å²) in [4.78, 5) is 10.8. The second-order valence-electron chi connectivity index (χ2n) is 4.07. The summed E-state index contributed by atoms with van der Waals surface area (Å²) in [6, 6.07) is 9.13. The van der Waals surface area contributed by atoms with E-state index >= 15 is 0 Å². The van der Waals surface area contributed by atoms with E-state index in [-0.39, 0.29) is 5.56 Å². The Kier molecular flexibility index (Phi) is 3.89. The Balaban J connectivity index is 2.46. The second kappa shape index (κ2) is 5.61. The Hall–Kier alpha value is -2.56. The van der Waals surface area contributed by atoms with Crippen LogP contribution in [-0.2, 0) is 0 Å². The van der Waals surface area contributed by atoms with Crippen molar-refractivity contribution in [2.45, 2.75) is 0 Å². The molecule has 0 unspecified atom stereocenters. The van der Waals surface area contributed by atoms with Gasteiger partial charge in [0.15, 0.2) is 11.5 Å². The highest BCUT2D eigenvalue weighted by Gasteiger charge is 2.12. The third kappa shape index (κ3) is 2.56. The lowest BCUT2D eigenvalue weighted by molar-refractivity contribution is 0.0692. The molecule has 0 aromatic heterocycles. The van der Waals surface area contributed by atoms with E-state index in [4.69, 9.17) is 14.6 Å². The molecule has 0 heterocycles. The molecule has 0 bridgehead atoms. The largest absolute Gasteiger partial charge is 0.493 e. The van der Waals surface area contributed by atoms with Crippen LogP contribution in [0.2, 0.25) is 0 Å². The fourth-order valence-corrected chi connectivity index (χ4v) is 1.88. The van der Waals surface area contributed by atoms with Crippen molar-refractivity contribution < 1.29 is 23.8 Å². The summed E-state index contributed by atoms with van der Waals surface area (Å²) < 4.78 is 24.0. The van der Waals surface area contributed by atoms with Crippen LogP contribution in [0.3, 0.4) is 0 Å². The van der Waals surface area contributed by atoms with Gasteiger partial charge in [-0.2, -0.15) is 0 Å². The number of benzene rings is 2. The van der Waals surface area contributed by atoms with Gasteiger partial charge in [0, 0.05) is 0 Å². The molecule has 0 aliphatic carbocycles. The van der Waals surface area contributed by atoms with Crippen molar-refractivity contribution in [1.82, 2.24) is 0 Å². The highest BCUT2D eigenvalue weighted by atomic mass is 19.1. The summed E-state index contributed by atoms with van der Waals surface area (Å²) in [5.74, 6) is -0.974. The maximum absolute atomic E-state index is 13.7. The number of carbonyl (C=O) groups is 1. The number of hydrogen-bond donors (Lipinski definition) is 1. The normalized spacial score (nSPS) is 10.2. The zero-order chi connectivity index (χ0) is 14.7. The number of halogens is 1. The molecule has 0 radical (unpaired) electrons. The van der Waals surface area contributed by atoms with Crippen LogP contribution in [0.5, 0.6) is 11.5 Å². The predicted octanol–water partition coefficient (Wildman–Crippen LogP) is 3.21. The Labute approximate surface area is 115 Å². The summed E-state index contributed by atoms with van der Waals surface area (Å²) in [5.41, 5.74) is 0.918. The summed E-state index contributed by atoms with van der Waals surface area (Å²) in [6.07, 6.45) is 0. The number of carboxylic acids is 1. The topological polar surface area (TPSA) is 55.8 Å². The van der Waals surface area contributed by atoms with Crippen LogP contribution < -0.4 is 9.47 Å². The molecule has 20 heavy (non-hydrogen) atoms. The maximum atomic E-state index is 13.7. The monoisotopic (exact) mass is 276 g/mol. The number of methoxy groups -OCH3 is 2. The highest BCUT2D eigenvalue weighted by molar-refractivity contribution is 5.88. The molecule has 104 valence electrons. The first-order chi connectivity index (χ1) is 9.56. The van der Waals surface area contributed by atoms with Gasteiger partial charge in [0.2, 0.25) is 0 Å². The molecule has 0 aliphatic heterocycles. The second-order valence-corrected chi connectivity index (χ2v) is 4.07. The van der Waals surface area contributed by atoms with Crippen LogP contribution >= 0.6 is 0 Å². The van der Waals surface area contributed by atoms with Crippen LogP contribution in [0.4, 0.5) is 4.39 Å². The number of ether oxygens (including phenoxy) is 2. The predicted molar refractivity (Wildman–Crippen MR) is 71.9 cm³/mol. The van der Waals surface area contributed by atoms with Gasteiger partial charge < -0.3 is 14.6 Å². The first kappa shape index (κ1) is 13.9. The minimum atomic E-state index is -1.29. The summed E-state index contributed by atoms with van der Waals surface area (Å²) >= 11 is 0. The van der Waals surface area contributed by atoms with E-state index in [0.717, 1.165) is 0 Å². The third-order valence-electron chi connectivity index (χ3n) is 2.92. The van der Waals surface area contributed by atoms with Gasteiger partial charge in [0.05, 0.1) is 19.8 Å². The lowest BCUT2D eigenvalue weighted by Crippen LogP contribution is -2.00. The van der Waals surface area contributed by atoms with E-state index in [1.165, 1.54) is 26.4 Å². The van der Waals surface area contributed by atoms with Crippen LogP contribution in [0, 0.1) is 5.82 Å².